The van der Waals surface area contributed by atoms with E-state index in [0.717, 1.165) is 24.2 Å². The predicted octanol–water partition coefficient (Wildman–Crippen LogP) is 3.32. The van der Waals surface area contributed by atoms with Gasteiger partial charge in [0.2, 0.25) is 15.9 Å². The lowest BCUT2D eigenvalue weighted by molar-refractivity contribution is -0.120. The number of carbonyl (C=O) groups is 1. The van der Waals surface area contributed by atoms with E-state index in [2.05, 4.69) is 28.5 Å². The van der Waals surface area contributed by atoms with Crippen molar-refractivity contribution in [3.05, 3.63) is 81.5 Å². The van der Waals surface area contributed by atoms with Crippen molar-refractivity contribution < 1.29 is 13.2 Å². The molecule has 0 fully saturated rings. The number of rotatable bonds is 4. The maximum absolute atomic E-state index is 13.5. The maximum Gasteiger partial charge on any atom is 0.241 e. The van der Waals surface area contributed by atoms with E-state index in [4.69, 9.17) is 5.14 Å². The van der Waals surface area contributed by atoms with E-state index in [0.29, 0.717) is 13.0 Å². The summed E-state index contributed by atoms with van der Waals surface area (Å²) in [6, 6.07) is 17.3. The van der Waals surface area contributed by atoms with Gasteiger partial charge in [0, 0.05) is 23.2 Å². The molecule has 8 heteroatoms. The van der Waals surface area contributed by atoms with E-state index in [1.807, 2.05) is 30.0 Å². The molecule has 0 saturated carbocycles. The molecule has 2 unspecified atom stereocenters. The number of benzene rings is 2. The number of fused-ring (bicyclic) bond motifs is 2. The van der Waals surface area contributed by atoms with Crippen molar-refractivity contribution in [1.82, 2.24) is 4.90 Å². The SMILES string of the molecule is CC1Cc2cc(S(N)(=O)=O)ccc2N1C(=O)CN1CCc2sccc2C1c1ccccc1. The molecule has 2 atom stereocenters. The third-order valence-corrected chi connectivity index (χ3v) is 8.29. The van der Waals surface area contributed by atoms with Crippen molar-refractivity contribution in [2.45, 2.75) is 36.7 Å². The van der Waals surface area contributed by atoms with Crippen LogP contribution in [0.25, 0.3) is 0 Å². The van der Waals surface area contributed by atoms with Crippen molar-refractivity contribution in [2.75, 3.05) is 18.0 Å². The summed E-state index contributed by atoms with van der Waals surface area (Å²) in [5.41, 5.74) is 4.09. The number of sulfonamides is 1. The van der Waals surface area contributed by atoms with Gasteiger partial charge in [0.1, 0.15) is 0 Å². The normalized spacial score (nSPS) is 20.8. The quantitative estimate of drug-likeness (QED) is 0.638. The summed E-state index contributed by atoms with van der Waals surface area (Å²) in [7, 11) is -3.77. The molecule has 32 heavy (non-hydrogen) atoms. The number of hydrogen-bond donors (Lipinski definition) is 1. The Morgan fingerprint density at radius 2 is 1.94 bits per heavy atom. The third-order valence-electron chi connectivity index (χ3n) is 6.38. The Morgan fingerprint density at radius 3 is 2.69 bits per heavy atom. The van der Waals surface area contributed by atoms with Gasteiger partial charge in [-0.05, 0) is 66.1 Å². The molecule has 1 aromatic heterocycles. The number of thiophene rings is 1. The Labute approximate surface area is 192 Å². The first-order valence-corrected chi connectivity index (χ1v) is 13.1. The van der Waals surface area contributed by atoms with Crippen LogP contribution in [0.5, 0.6) is 0 Å². The van der Waals surface area contributed by atoms with Crippen molar-refractivity contribution >= 4 is 33.0 Å². The summed E-state index contributed by atoms with van der Waals surface area (Å²) in [5, 5.41) is 7.42. The van der Waals surface area contributed by atoms with Crippen LogP contribution in [-0.4, -0.2) is 38.4 Å². The summed E-state index contributed by atoms with van der Waals surface area (Å²) < 4.78 is 23.5. The van der Waals surface area contributed by atoms with E-state index in [-0.39, 0.29) is 22.9 Å². The van der Waals surface area contributed by atoms with Crippen LogP contribution in [0.1, 0.15) is 34.5 Å². The molecule has 1 amide bonds. The van der Waals surface area contributed by atoms with Crippen LogP contribution in [0, 0.1) is 0 Å². The zero-order valence-electron chi connectivity index (χ0n) is 17.8. The minimum Gasteiger partial charge on any atom is -0.308 e. The Morgan fingerprint density at radius 1 is 1.16 bits per heavy atom. The lowest BCUT2D eigenvalue weighted by atomic mass is 9.93. The zero-order chi connectivity index (χ0) is 22.5. The van der Waals surface area contributed by atoms with Gasteiger partial charge in [-0.25, -0.2) is 13.6 Å². The summed E-state index contributed by atoms with van der Waals surface area (Å²) in [6.45, 7) is 3.12. The van der Waals surface area contributed by atoms with Gasteiger partial charge in [0.15, 0.2) is 0 Å². The molecule has 6 nitrogen and oxygen atoms in total. The highest BCUT2D eigenvalue weighted by atomic mass is 32.2. The van der Waals surface area contributed by atoms with E-state index in [1.165, 1.54) is 22.1 Å². The van der Waals surface area contributed by atoms with E-state index in [9.17, 15) is 13.2 Å². The standard InChI is InChI=1S/C24H25N3O3S2/c1-16-13-18-14-19(32(25,29)30)7-8-21(18)27(16)23(28)15-26-11-9-22-20(10-12-31-22)24(26)17-5-3-2-4-6-17/h2-8,10,12,14,16,24H,9,11,13,15H2,1H3,(H2,25,29,30). The molecule has 0 spiro atoms. The van der Waals surface area contributed by atoms with Gasteiger partial charge in [-0.15, -0.1) is 11.3 Å². The molecule has 0 saturated heterocycles. The number of carbonyl (C=O) groups excluding carboxylic acids is 1. The molecule has 0 aliphatic carbocycles. The molecule has 0 radical (unpaired) electrons. The lowest BCUT2D eigenvalue weighted by Gasteiger charge is -2.37. The monoisotopic (exact) mass is 467 g/mol. The van der Waals surface area contributed by atoms with E-state index < -0.39 is 10.0 Å². The van der Waals surface area contributed by atoms with Gasteiger partial charge in [-0.1, -0.05) is 30.3 Å². The highest BCUT2D eigenvalue weighted by Crippen LogP contribution is 2.39. The highest BCUT2D eigenvalue weighted by molar-refractivity contribution is 7.89. The van der Waals surface area contributed by atoms with E-state index in [1.54, 1.807) is 23.5 Å². The second-order valence-electron chi connectivity index (χ2n) is 8.49. The van der Waals surface area contributed by atoms with Crippen LogP contribution in [-0.2, 0) is 27.7 Å². The van der Waals surface area contributed by atoms with Gasteiger partial charge in [-0.3, -0.25) is 9.69 Å². The van der Waals surface area contributed by atoms with Crippen molar-refractivity contribution in [1.29, 1.82) is 0 Å². The molecule has 3 heterocycles. The smallest absolute Gasteiger partial charge is 0.241 e. The Hall–Kier alpha value is -2.52. The van der Waals surface area contributed by atoms with Gasteiger partial charge < -0.3 is 4.90 Å². The lowest BCUT2D eigenvalue weighted by Crippen LogP contribution is -2.46. The average Bonchev–Trinajstić information content (AvgIpc) is 3.36. The molecule has 2 aromatic carbocycles. The molecule has 2 N–H and O–H groups in total. The van der Waals surface area contributed by atoms with Crippen LogP contribution in [0.2, 0.25) is 0 Å². The Kier molecular flexibility index (Phi) is 5.41. The average molecular weight is 468 g/mol. The molecule has 2 aliphatic heterocycles. The Balaban J connectivity index is 1.44. The number of amides is 1. The topological polar surface area (TPSA) is 83.7 Å². The fraction of sp³-hybridized carbons (Fsp3) is 0.292. The highest BCUT2D eigenvalue weighted by Gasteiger charge is 2.36. The molecule has 2 aliphatic rings. The first-order valence-electron chi connectivity index (χ1n) is 10.7. The first-order chi connectivity index (χ1) is 15.3. The zero-order valence-corrected chi connectivity index (χ0v) is 19.4. The van der Waals surface area contributed by atoms with Gasteiger partial charge in [0.25, 0.3) is 0 Å². The molecule has 5 rings (SSSR count). The number of anilines is 1. The fourth-order valence-corrected chi connectivity index (χ4v) is 6.45. The van der Waals surface area contributed by atoms with Crippen LogP contribution in [0.4, 0.5) is 5.69 Å². The summed E-state index contributed by atoms with van der Waals surface area (Å²) >= 11 is 1.78. The minimum atomic E-state index is -3.77. The largest absolute Gasteiger partial charge is 0.308 e. The molecular formula is C24H25N3O3S2. The second-order valence-corrected chi connectivity index (χ2v) is 11.0. The molecule has 3 aromatic rings. The molecular weight excluding hydrogens is 442 g/mol. The number of primary sulfonamides is 1. The first kappa shape index (κ1) is 21.3. The van der Waals surface area contributed by atoms with Gasteiger partial charge >= 0.3 is 0 Å². The summed E-state index contributed by atoms with van der Waals surface area (Å²) in [5.74, 6) is 0.0271. The summed E-state index contributed by atoms with van der Waals surface area (Å²) in [6.07, 6.45) is 1.55. The van der Waals surface area contributed by atoms with Crippen molar-refractivity contribution in [3.63, 3.8) is 0 Å². The number of nitrogens with zero attached hydrogens (tertiary/aromatic N) is 2. The maximum atomic E-state index is 13.5. The molecule has 0 bridgehead atoms. The van der Waals surface area contributed by atoms with Crippen LogP contribution in [0.3, 0.4) is 0 Å². The molecule has 166 valence electrons. The third kappa shape index (κ3) is 3.77. The van der Waals surface area contributed by atoms with Crippen LogP contribution < -0.4 is 10.0 Å². The minimum absolute atomic E-state index is 0.0271. The van der Waals surface area contributed by atoms with Gasteiger partial charge in [-0.2, -0.15) is 0 Å². The predicted molar refractivity (Wildman–Crippen MR) is 126 cm³/mol. The fourth-order valence-electron chi connectivity index (χ4n) is 4.98. The number of hydrogen-bond acceptors (Lipinski definition) is 5. The van der Waals surface area contributed by atoms with Crippen LogP contribution in [0.15, 0.2) is 64.9 Å². The van der Waals surface area contributed by atoms with Crippen molar-refractivity contribution in [3.8, 4) is 0 Å². The Bertz CT molecular complexity index is 1270. The second kappa shape index (κ2) is 8.12. The van der Waals surface area contributed by atoms with Gasteiger partial charge in [0.05, 0.1) is 17.5 Å². The van der Waals surface area contributed by atoms with Crippen LogP contribution >= 0.6 is 11.3 Å². The number of nitrogens with two attached hydrogens (primary N) is 1. The summed E-state index contributed by atoms with van der Waals surface area (Å²) in [4.78, 5) is 19.1. The van der Waals surface area contributed by atoms with Crippen molar-refractivity contribution in [2.24, 2.45) is 5.14 Å². The van der Waals surface area contributed by atoms with E-state index >= 15 is 0 Å².